The predicted octanol–water partition coefficient (Wildman–Crippen LogP) is 2.10. The van der Waals surface area contributed by atoms with Gasteiger partial charge in [0.05, 0.1) is 0 Å². The van der Waals surface area contributed by atoms with Crippen LogP contribution < -0.4 is 15.4 Å². The third-order valence-electron chi connectivity index (χ3n) is 3.53. The lowest BCUT2D eigenvalue weighted by Crippen LogP contribution is -2.35. The number of aliphatic carboxylic acids is 2. The molecule has 0 aliphatic rings. The number of nitrogens with one attached hydrogen (secondary N) is 2. The van der Waals surface area contributed by atoms with Crippen molar-refractivity contribution in [1.82, 2.24) is 5.32 Å². The summed E-state index contributed by atoms with van der Waals surface area (Å²) in [6.07, 6.45) is 3.12. The van der Waals surface area contributed by atoms with Crippen LogP contribution in [-0.4, -0.2) is 58.5 Å². The number of aliphatic hydroxyl groups excluding tert-OH is 1. The number of ether oxygens (including phenoxy) is 1. The number of carboxylic acid groups (broad SMARTS) is 2. The minimum Gasteiger partial charge on any atom is -0.491 e. The van der Waals surface area contributed by atoms with Crippen LogP contribution in [0.5, 0.6) is 5.75 Å². The van der Waals surface area contributed by atoms with Gasteiger partial charge in [-0.15, -0.1) is 0 Å². The molecule has 1 amide bonds. The van der Waals surface area contributed by atoms with Gasteiger partial charge in [0.15, 0.2) is 0 Å². The molecule has 9 nitrogen and oxygen atoms in total. The van der Waals surface area contributed by atoms with Crippen LogP contribution in [0, 0.1) is 0 Å². The Morgan fingerprint density at radius 1 is 1.03 bits per heavy atom. The number of hydrogen-bond donors (Lipinski definition) is 5. The summed E-state index contributed by atoms with van der Waals surface area (Å²) in [6.45, 7) is 6.92. The second-order valence-corrected chi connectivity index (χ2v) is 6.67. The summed E-state index contributed by atoms with van der Waals surface area (Å²) in [5.41, 5.74) is 0.765. The van der Waals surface area contributed by atoms with Crippen molar-refractivity contribution in [2.24, 2.45) is 0 Å². The third kappa shape index (κ3) is 15.0. The highest BCUT2D eigenvalue weighted by molar-refractivity contribution is 6.27. The van der Waals surface area contributed by atoms with E-state index in [2.05, 4.69) is 17.6 Å². The highest BCUT2D eigenvalue weighted by atomic mass is 16.5. The maximum absolute atomic E-state index is 11.7. The fourth-order valence-electron chi connectivity index (χ4n) is 2.02. The number of aliphatic hydroxyl groups is 1. The second-order valence-electron chi connectivity index (χ2n) is 6.67. The summed E-state index contributed by atoms with van der Waals surface area (Å²) < 4.78 is 5.54. The van der Waals surface area contributed by atoms with E-state index in [9.17, 15) is 9.90 Å². The number of hydrogen-bond acceptors (Lipinski definition) is 6. The molecule has 29 heavy (non-hydrogen) atoms. The first-order chi connectivity index (χ1) is 13.6. The van der Waals surface area contributed by atoms with E-state index >= 15 is 0 Å². The maximum atomic E-state index is 11.7. The Kier molecular flexibility index (Phi) is 13.9. The highest BCUT2D eigenvalue weighted by Gasteiger charge is 2.07. The van der Waals surface area contributed by atoms with E-state index in [-0.39, 0.29) is 12.5 Å². The summed E-state index contributed by atoms with van der Waals surface area (Å²) >= 11 is 0. The molecule has 0 heterocycles. The molecule has 0 spiro atoms. The van der Waals surface area contributed by atoms with Crippen LogP contribution in [0.25, 0.3) is 0 Å². The Hall–Kier alpha value is -2.65. The van der Waals surface area contributed by atoms with Crippen molar-refractivity contribution < 1.29 is 34.4 Å². The number of benzene rings is 1. The third-order valence-corrected chi connectivity index (χ3v) is 3.53. The van der Waals surface area contributed by atoms with Gasteiger partial charge in [0.2, 0.25) is 5.91 Å². The quantitative estimate of drug-likeness (QED) is 0.274. The zero-order valence-electron chi connectivity index (χ0n) is 17.2. The molecule has 0 aliphatic carbocycles. The van der Waals surface area contributed by atoms with Crippen molar-refractivity contribution >= 4 is 23.5 Å². The molecule has 1 aromatic rings. The smallest absolute Gasteiger partial charge is 0.414 e. The van der Waals surface area contributed by atoms with Crippen molar-refractivity contribution in [2.45, 2.75) is 58.6 Å². The van der Waals surface area contributed by atoms with Gasteiger partial charge < -0.3 is 30.7 Å². The molecule has 0 aliphatic heterocycles. The number of carbonyl (C=O) groups is 3. The van der Waals surface area contributed by atoms with Gasteiger partial charge in [0.1, 0.15) is 18.5 Å². The summed E-state index contributed by atoms with van der Waals surface area (Å²) in [7, 11) is 0. The molecule has 0 saturated heterocycles. The number of carbonyl (C=O) groups excluding carboxylic acids is 1. The van der Waals surface area contributed by atoms with Gasteiger partial charge in [-0.25, -0.2) is 9.59 Å². The molecule has 0 aromatic heterocycles. The number of anilines is 1. The molecule has 164 valence electrons. The Morgan fingerprint density at radius 3 is 2.10 bits per heavy atom. The van der Waals surface area contributed by atoms with Crippen molar-refractivity contribution in [2.75, 3.05) is 18.5 Å². The normalized spacial score (nSPS) is 11.2. The van der Waals surface area contributed by atoms with Crippen molar-refractivity contribution in [3.8, 4) is 5.75 Å². The predicted molar refractivity (Wildman–Crippen MR) is 109 cm³/mol. The number of unbranched alkanes of at least 4 members (excludes halogenated alkanes) is 2. The van der Waals surface area contributed by atoms with Crippen molar-refractivity contribution in [3.63, 3.8) is 0 Å². The van der Waals surface area contributed by atoms with E-state index < -0.39 is 18.0 Å². The molecule has 1 rings (SSSR count). The Balaban J connectivity index is 0.00000113. The van der Waals surface area contributed by atoms with Crippen LogP contribution in [0.1, 0.15) is 46.5 Å². The topological polar surface area (TPSA) is 145 Å². The summed E-state index contributed by atoms with van der Waals surface area (Å²) in [5, 5.41) is 30.6. The lowest BCUT2D eigenvalue weighted by atomic mass is 10.2. The molecule has 0 saturated carbocycles. The lowest BCUT2D eigenvalue weighted by Gasteiger charge is -2.15. The Labute approximate surface area is 171 Å². The second kappa shape index (κ2) is 15.3. The molecule has 0 bridgehead atoms. The van der Waals surface area contributed by atoms with Gasteiger partial charge in [-0.1, -0.05) is 33.6 Å². The molecule has 5 N–H and O–H groups in total. The van der Waals surface area contributed by atoms with Crippen LogP contribution in [0.2, 0.25) is 0 Å². The van der Waals surface area contributed by atoms with E-state index in [4.69, 9.17) is 24.5 Å². The first-order valence-corrected chi connectivity index (χ1v) is 9.56. The van der Waals surface area contributed by atoms with Gasteiger partial charge in [0, 0.05) is 24.7 Å². The fraction of sp³-hybridized carbons (Fsp3) is 0.550. The van der Waals surface area contributed by atoms with E-state index in [1.54, 1.807) is 12.1 Å². The van der Waals surface area contributed by atoms with Crippen molar-refractivity contribution in [3.05, 3.63) is 24.3 Å². The Morgan fingerprint density at radius 2 is 1.62 bits per heavy atom. The molecule has 0 fully saturated rings. The number of carboxylic acids is 2. The average molecular weight is 412 g/mol. The summed E-state index contributed by atoms with van der Waals surface area (Å²) in [6, 6.07) is 7.55. The first-order valence-electron chi connectivity index (χ1n) is 9.56. The maximum Gasteiger partial charge on any atom is 0.414 e. The van der Waals surface area contributed by atoms with Gasteiger partial charge in [-0.05, 0) is 30.7 Å². The van der Waals surface area contributed by atoms with Crippen LogP contribution in [0.4, 0.5) is 5.69 Å². The summed E-state index contributed by atoms with van der Waals surface area (Å²) in [5.74, 6) is -2.93. The highest BCUT2D eigenvalue weighted by Crippen LogP contribution is 2.16. The molecular formula is C20H32N2O7. The van der Waals surface area contributed by atoms with E-state index in [1.807, 2.05) is 26.0 Å². The molecular weight excluding hydrogens is 380 g/mol. The number of amides is 1. The molecule has 0 radical (unpaired) electrons. The minimum atomic E-state index is -1.82. The molecule has 1 unspecified atom stereocenters. The fourth-order valence-corrected chi connectivity index (χ4v) is 2.02. The van der Waals surface area contributed by atoms with Crippen LogP contribution in [0.3, 0.4) is 0 Å². The van der Waals surface area contributed by atoms with E-state index in [0.29, 0.717) is 24.8 Å². The van der Waals surface area contributed by atoms with Crippen LogP contribution in [0.15, 0.2) is 24.3 Å². The van der Waals surface area contributed by atoms with E-state index in [0.717, 1.165) is 24.9 Å². The van der Waals surface area contributed by atoms with Gasteiger partial charge >= 0.3 is 11.9 Å². The summed E-state index contributed by atoms with van der Waals surface area (Å²) in [4.78, 5) is 29.9. The van der Waals surface area contributed by atoms with Gasteiger partial charge in [0.25, 0.3) is 0 Å². The van der Waals surface area contributed by atoms with Crippen molar-refractivity contribution in [1.29, 1.82) is 0 Å². The standard InChI is InChI=1S/C18H30N2O3.C2H2O4/c1-4-5-6-7-18(22)20-15-8-10-17(11-9-15)23-13-16(21)12-19-14(2)3;3-1(4)2(5)6/h8-11,14,16,19,21H,4-7,12-13H2,1-3H3,(H,20,22);(H,3,4)(H,5,6). The lowest BCUT2D eigenvalue weighted by molar-refractivity contribution is -0.159. The SMILES string of the molecule is CCCCCC(=O)Nc1ccc(OCC(O)CNC(C)C)cc1.O=C(O)C(=O)O. The Bertz CT molecular complexity index is 606. The van der Waals surface area contributed by atoms with Gasteiger partial charge in [-0.2, -0.15) is 0 Å². The molecule has 9 heteroatoms. The average Bonchev–Trinajstić information content (AvgIpc) is 2.66. The van der Waals surface area contributed by atoms with E-state index in [1.165, 1.54) is 0 Å². The van der Waals surface area contributed by atoms with Crippen LogP contribution in [-0.2, 0) is 14.4 Å². The first kappa shape index (κ1) is 26.4. The zero-order valence-corrected chi connectivity index (χ0v) is 17.2. The minimum absolute atomic E-state index is 0.0438. The molecule has 1 aromatic carbocycles. The molecule has 1 atom stereocenters. The monoisotopic (exact) mass is 412 g/mol. The van der Waals surface area contributed by atoms with Crippen LogP contribution >= 0.6 is 0 Å². The largest absolute Gasteiger partial charge is 0.491 e. The number of rotatable bonds is 11. The van der Waals surface area contributed by atoms with Gasteiger partial charge in [-0.3, -0.25) is 4.79 Å². The zero-order chi connectivity index (χ0) is 22.2.